The van der Waals surface area contributed by atoms with Gasteiger partial charge in [0.05, 0.1) is 13.2 Å². The largest absolute Gasteiger partial charge is 0.383 e. The zero-order valence-electron chi connectivity index (χ0n) is 9.73. The van der Waals surface area contributed by atoms with Gasteiger partial charge in [0.1, 0.15) is 0 Å². The van der Waals surface area contributed by atoms with Crippen molar-refractivity contribution in [2.45, 2.75) is 13.8 Å². The Morgan fingerprint density at radius 2 is 1.93 bits per heavy atom. The molecule has 0 saturated carbocycles. The average molecular weight is 205 g/mol. The Morgan fingerprint density at radius 1 is 1.27 bits per heavy atom. The van der Waals surface area contributed by atoms with Gasteiger partial charge >= 0.3 is 0 Å². The Kier molecular flexibility index (Phi) is 5.05. The lowest BCUT2D eigenvalue weighted by Gasteiger charge is -2.10. The van der Waals surface area contributed by atoms with Gasteiger partial charge < -0.3 is 4.74 Å². The lowest BCUT2D eigenvalue weighted by molar-refractivity contribution is 0.208. The Bertz CT molecular complexity index is 304. The maximum absolute atomic E-state index is 5.00. The summed E-state index contributed by atoms with van der Waals surface area (Å²) >= 11 is 0. The van der Waals surface area contributed by atoms with Gasteiger partial charge in [-0.15, -0.1) is 0 Å². The molecule has 0 amide bonds. The molecule has 0 radical (unpaired) electrons. The van der Waals surface area contributed by atoms with Crippen LogP contribution in [0.25, 0.3) is 0 Å². The molecule has 2 nitrogen and oxygen atoms in total. The molecule has 82 valence electrons. The van der Waals surface area contributed by atoms with Crippen LogP contribution < -0.4 is 0 Å². The normalized spacial score (nSPS) is 12.1. The van der Waals surface area contributed by atoms with E-state index in [9.17, 15) is 0 Å². The number of rotatable bonds is 5. The molecule has 1 rings (SSSR count). The van der Waals surface area contributed by atoms with Crippen LogP contribution in [0.5, 0.6) is 0 Å². The first kappa shape index (κ1) is 11.9. The maximum Gasteiger partial charge on any atom is 0.0658 e. The zero-order chi connectivity index (χ0) is 11.1. The van der Waals surface area contributed by atoms with E-state index in [4.69, 9.17) is 4.74 Å². The second kappa shape index (κ2) is 6.36. The molecular weight excluding hydrogens is 186 g/mol. The number of hydrogen-bond acceptors (Lipinski definition) is 2. The zero-order valence-corrected chi connectivity index (χ0v) is 9.73. The SMILES string of the molecule is COCCN=C(c1ccccc1)C(C)C. The molecule has 2 heteroatoms. The molecular formula is C13H19NO. The van der Waals surface area contributed by atoms with Crippen LogP contribution in [0.15, 0.2) is 35.3 Å². The van der Waals surface area contributed by atoms with E-state index in [1.165, 1.54) is 5.56 Å². The molecule has 0 heterocycles. The molecule has 0 aromatic heterocycles. The highest BCUT2D eigenvalue weighted by atomic mass is 16.5. The molecule has 0 unspecified atom stereocenters. The highest BCUT2D eigenvalue weighted by molar-refractivity contribution is 6.01. The van der Waals surface area contributed by atoms with E-state index in [2.05, 4.69) is 31.0 Å². The van der Waals surface area contributed by atoms with E-state index in [1.54, 1.807) is 7.11 Å². The van der Waals surface area contributed by atoms with Gasteiger partial charge in [0.2, 0.25) is 0 Å². The third-order valence-electron chi connectivity index (χ3n) is 2.19. The smallest absolute Gasteiger partial charge is 0.0658 e. The summed E-state index contributed by atoms with van der Waals surface area (Å²) in [6.45, 7) is 5.75. The van der Waals surface area contributed by atoms with E-state index >= 15 is 0 Å². The number of nitrogens with zero attached hydrogens (tertiary/aromatic N) is 1. The molecule has 0 bridgehead atoms. The van der Waals surface area contributed by atoms with Crippen molar-refractivity contribution in [3.05, 3.63) is 35.9 Å². The van der Waals surface area contributed by atoms with Gasteiger partial charge in [-0.1, -0.05) is 44.2 Å². The summed E-state index contributed by atoms with van der Waals surface area (Å²) in [7, 11) is 1.70. The molecule has 0 aliphatic heterocycles. The van der Waals surface area contributed by atoms with Crippen LogP contribution >= 0.6 is 0 Å². The van der Waals surface area contributed by atoms with Gasteiger partial charge in [-0.2, -0.15) is 0 Å². The molecule has 0 aliphatic rings. The minimum atomic E-state index is 0.448. The van der Waals surface area contributed by atoms with Gasteiger partial charge in [-0.25, -0.2) is 0 Å². The Balaban J connectivity index is 2.79. The second-order valence-corrected chi connectivity index (χ2v) is 3.78. The van der Waals surface area contributed by atoms with Crippen molar-refractivity contribution < 1.29 is 4.74 Å². The second-order valence-electron chi connectivity index (χ2n) is 3.78. The maximum atomic E-state index is 5.00. The van der Waals surface area contributed by atoms with Crippen LogP contribution in [-0.4, -0.2) is 26.0 Å². The lowest BCUT2D eigenvalue weighted by Crippen LogP contribution is -2.11. The summed E-state index contributed by atoms with van der Waals surface area (Å²) in [5.41, 5.74) is 2.37. The summed E-state index contributed by atoms with van der Waals surface area (Å²) in [4.78, 5) is 4.57. The molecule has 15 heavy (non-hydrogen) atoms. The van der Waals surface area contributed by atoms with Crippen LogP contribution in [0.3, 0.4) is 0 Å². The van der Waals surface area contributed by atoms with Gasteiger partial charge in [0.25, 0.3) is 0 Å². The fourth-order valence-electron chi connectivity index (χ4n) is 1.47. The Morgan fingerprint density at radius 3 is 2.47 bits per heavy atom. The summed E-state index contributed by atoms with van der Waals surface area (Å²) < 4.78 is 5.00. The number of ether oxygens (including phenoxy) is 1. The van der Waals surface area contributed by atoms with Crippen LogP contribution in [0.2, 0.25) is 0 Å². The van der Waals surface area contributed by atoms with E-state index in [1.807, 2.05) is 18.2 Å². The van der Waals surface area contributed by atoms with Gasteiger partial charge in [0, 0.05) is 12.8 Å². The molecule has 0 atom stereocenters. The highest BCUT2D eigenvalue weighted by Gasteiger charge is 2.06. The standard InChI is InChI=1S/C13H19NO/c1-11(2)13(14-9-10-15-3)12-7-5-4-6-8-12/h4-8,11H,9-10H2,1-3H3. The fourth-order valence-corrected chi connectivity index (χ4v) is 1.47. The van der Waals surface area contributed by atoms with Crippen molar-refractivity contribution >= 4 is 5.71 Å². The topological polar surface area (TPSA) is 21.6 Å². The molecule has 1 aromatic rings. The van der Waals surface area contributed by atoms with Crippen molar-refractivity contribution in [2.75, 3.05) is 20.3 Å². The summed E-state index contributed by atoms with van der Waals surface area (Å²) in [6, 6.07) is 10.3. The van der Waals surface area contributed by atoms with E-state index in [0.717, 1.165) is 12.3 Å². The van der Waals surface area contributed by atoms with Gasteiger partial charge in [-0.3, -0.25) is 4.99 Å². The summed E-state index contributed by atoms with van der Waals surface area (Å²) in [5.74, 6) is 0.448. The van der Waals surface area contributed by atoms with Gasteiger partial charge in [-0.05, 0) is 11.5 Å². The summed E-state index contributed by atoms with van der Waals surface area (Å²) in [6.07, 6.45) is 0. The minimum absolute atomic E-state index is 0.448. The minimum Gasteiger partial charge on any atom is -0.383 e. The van der Waals surface area contributed by atoms with E-state index in [-0.39, 0.29) is 0 Å². The average Bonchev–Trinajstić information content (AvgIpc) is 2.25. The van der Waals surface area contributed by atoms with Crippen molar-refractivity contribution in [1.29, 1.82) is 0 Å². The first-order valence-corrected chi connectivity index (χ1v) is 5.34. The highest BCUT2D eigenvalue weighted by Crippen LogP contribution is 2.09. The predicted octanol–water partition coefficient (Wildman–Crippen LogP) is 2.78. The first-order chi connectivity index (χ1) is 7.25. The Hall–Kier alpha value is -1.15. The molecule has 0 saturated heterocycles. The first-order valence-electron chi connectivity index (χ1n) is 5.34. The van der Waals surface area contributed by atoms with Crippen molar-refractivity contribution in [3.8, 4) is 0 Å². The molecule has 0 N–H and O–H groups in total. The Labute approximate surface area is 92.0 Å². The number of hydrogen-bond donors (Lipinski definition) is 0. The monoisotopic (exact) mass is 205 g/mol. The number of benzene rings is 1. The molecule has 1 aromatic carbocycles. The lowest BCUT2D eigenvalue weighted by atomic mass is 10.00. The molecule has 0 spiro atoms. The summed E-state index contributed by atoms with van der Waals surface area (Å²) in [5, 5.41) is 0. The van der Waals surface area contributed by atoms with Crippen LogP contribution in [0.4, 0.5) is 0 Å². The molecule has 0 aliphatic carbocycles. The van der Waals surface area contributed by atoms with Crippen LogP contribution in [0, 0.1) is 5.92 Å². The quantitative estimate of drug-likeness (QED) is 0.535. The predicted molar refractivity (Wildman–Crippen MR) is 64.6 cm³/mol. The third kappa shape index (κ3) is 3.84. The third-order valence-corrected chi connectivity index (χ3v) is 2.19. The van der Waals surface area contributed by atoms with Crippen molar-refractivity contribution in [3.63, 3.8) is 0 Å². The fraction of sp³-hybridized carbons (Fsp3) is 0.462. The van der Waals surface area contributed by atoms with Crippen LogP contribution in [-0.2, 0) is 4.74 Å². The van der Waals surface area contributed by atoms with E-state index < -0.39 is 0 Å². The number of methoxy groups -OCH3 is 1. The molecule has 0 fully saturated rings. The van der Waals surface area contributed by atoms with Crippen molar-refractivity contribution in [2.24, 2.45) is 10.9 Å². The van der Waals surface area contributed by atoms with Crippen molar-refractivity contribution in [1.82, 2.24) is 0 Å². The van der Waals surface area contributed by atoms with Crippen LogP contribution in [0.1, 0.15) is 19.4 Å². The van der Waals surface area contributed by atoms with E-state index in [0.29, 0.717) is 12.5 Å². The number of aliphatic imine (C=N–C) groups is 1. The van der Waals surface area contributed by atoms with Gasteiger partial charge in [0.15, 0.2) is 0 Å².